The Kier molecular flexibility index (Phi) is 5.94. The molecule has 0 aliphatic rings. The molecule has 0 saturated heterocycles. The number of ketones is 1. The van der Waals surface area contributed by atoms with Crippen LogP contribution in [-0.2, 0) is 4.79 Å². The van der Waals surface area contributed by atoms with Gasteiger partial charge in [0.2, 0.25) is 5.91 Å². The van der Waals surface area contributed by atoms with Crippen molar-refractivity contribution in [3.8, 4) is 0 Å². The summed E-state index contributed by atoms with van der Waals surface area (Å²) < 4.78 is 0. The summed E-state index contributed by atoms with van der Waals surface area (Å²) in [7, 11) is 0. The molecule has 0 spiro atoms. The SMILES string of the molecule is Cc1ccc(C)c(N(C(=O)CCC(=O)c2ccc(C)s2)C(C)C)c1. The van der Waals surface area contributed by atoms with Crippen LogP contribution in [0.2, 0.25) is 0 Å². The van der Waals surface area contributed by atoms with Gasteiger partial charge in [0.25, 0.3) is 0 Å². The Morgan fingerprint density at radius 3 is 2.33 bits per heavy atom. The number of carbonyl (C=O) groups excluding carboxylic acids is 2. The van der Waals surface area contributed by atoms with Gasteiger partial charge >= 0.3 is 0 Å². The number of benzene rings is 1. The number of Topliss-reactive ketones (excluding diaryl/α,β-unsaturated/α-hetero) is 1. The molecule has 0 aliphatic heterocycles. The maximum Gasteiger partial charge on any atom is 0.227 e. The van der Waals surface area contributed by atoms with E-state index in [0.29, 0.717) is 0 Å². The van der Waals surface area contributed by atoms with Gasteiger partial charge < -0.3 is 4.90 Å². The highest BCUT2D eigenvalue weighted by Crippen LogP contribution is 2.25. The standard InChI is InChI=1S/C20H25NO2S/c1-13(2)21(17-12-14(3)6-7-15(17)4)20(23)11-9-18(22)19-10-8-16(5)24-19/h6-8,10,12-13H,9,11H2,1-5H3. The molecular formula is C20H25NO2S. The lowest BCUT2D eigenvalue weighted by Crippen LogP contribution is -2.37. The highest BCUT2D eigenvalue weighted by Gasteiger charge is 2.22. The van der Waals surface area contributed by atoms with Crippen LogP contribution in [0.1, 0.15) is 52.4 Å². The summed E-state index contributed by atoms with van der Waals surface area (Å²) in [6.45, 7) is 10.0. The van der Waals surface area contributed by atoms with Crippen LogP contribution in [0, 0.1) is 20.8 Å². The molecule has 0 bridgehead atoms. The molecule has 1 amide bonds. The van der Waals surface area contributed by atoms with Crippen molar-refractivity contribution in [2.45, 2.75) is 53.5 Å². The summed E-state index contributed by atoms with van der Waals surface area (Å²) >= 11 is 1.49. The lowest BCUT2D eigenvalue weighted by molar-refractivity contribution is -0.118. The molecule has 1 heterocycles. The predicted molar refractivity (Wildman–Crippen MR) is 101 cm³/mol. The molecule has 0 N–H and O–H groups in total. The number of hydrogen-bond acceptors (Lipinski definition) is 3. The molecular weight excluding hydrogens is 318 g/mol. The van der Waals surface area contributed by atoms with Gasteiger partial charge in [-0.15, -0.1) is 11.3 Å². The highest BCUT2D eigenvalue weighted by molar-refractivity contribution is 7.14. The van der Waals surface area contributed by atoms with E-state index in [9.17, 15) is 9.59 Å². The van der Waals surface area contributed by atoms with Gasteiger partial charge in [-0.2, -0.15) is 0 Å². The second-order valence-electron chi connectivity index (χ2n) is 6.48. The Hall–Kier alpha value is -1.94. The summed E-state index contributed by atoms with van der Waals surface area (Å²) in [5.41, 5.74) is 3.14. The Morgan fingerprint density at radius 2 is 1.75 bits per heavy atom. The normalized spacial score (nSPS) is 10.9. The predicted octanol–water partition coefficient (Wildman–Crippen LogP) is 5.08. The first-order valence-electron chi connectivity index (χ1n) is 8.28. The van der Waals surface area contributed by atoms with Crippen molar-refractivity contribution >= 4 is 28.7 Å². The van der Waals surface area contributed by atoms with Crippen molar-refractivity contribution < 1.29 is 9.59 Å². The number of carbonyl (C=O) groups is 2. The van der Waals surface area contributed by atoms with Crippen molar-refractivity contribution in [2.24, 2.45) is 0 Å². The molecule has 3 nitrogen and oxygen atoms in total. The first kappa shape index (κ1) is 18.4. The molecule has 0 saturated carbocycles. The molecule has 1 aromatic heterocycles. The number of hydrogen-bond donors (Lipinski definition) is 0. The van der Waals surface area contributed by atoms with Gasteiger partial charge in [-0.1, -0.05) is 12.1 Å². The Morgan fingerprint density at radius 1 is 1.04 bits per heavy atom. The molecule has 128 valence electrons. The lowest BCUT2D eigenvalue weighted by atomic mass is 10.1. The van der Waals surface area contributed by atoms with Gasteiger partial charge in [0.1, 0.15) is 0 Å². The van der Waals surface area contributed by atoms with Crippen molar-refractivity contribution in [2.75, 3.05) is 4.90 Å². The van der Waals surface area contributed by atoms with Crippen LogP contribution in [0.15, 0.2) is 30.3 Å². The molecule has 2 aromatic rings. The van der Waals surface area contributed by atoms with E-state index < -0.39 is 0 Å². The number of aryl methyl sites for hydroxylation is 3. The molecule has 2 rings (SSSR count). The zero-order valence-electron chi connectivity index (χ0n) is 15.1. The van der Waals surface area contributed by atoms with Crippen molar-refractivity contribution in [3.05, 3.63) is 51.2 Å². The van der Waals surface area contributed by atoms with Crippen LogP contribution in [0.5, 0.6) is 0 Å². The molecule has 0 fully saturated rings. The average molecular weight is 343 g/mol. The van der Waals surface area contributed by atoms with E-state index in [1.165, 1.54) is 11.3 Å². The van der Waals surface area contributed by atoms with E-state index in [1.807, 2.05) is 69.9 Å². The fraction of sp³-hybridized carbons (Fsp3) is 0.400. The molecule has 0 radical (unpaired) electrons. The zero-order valence-corrected chi connectivity index (χ0v) is 15.9. The fourth-order valence-electron chi connectivity index (χ4n) is 2.73. The van der Waals surface area contributed by atoms with Gasteiger partial charge in [0.05, 0.1) is 4.88 Å². The minimum atomic E-state index is 0.000304. The van der Waals surface area contributed by atoms with Crippen LogP contribution in [0.3, 0.4) is 0 Å². The molecule has 0 unspecified atom stereocenters. The first-order valence-corrected chi connectivity index (χ1v) is 9.10. The van der Waals surface area contributed by atoms with Crippen LogP contribution in [0.25, 0.3) is 0 Å². The third-order valence-electron chi connectivity index (χ3n) is 3.99. The van der Waals surface area contributed by atoms with Gasteiger partial charge in [-0.25, -0.2) is 0 Å². The Balaban J connectivity index is 2.12. The second-order valence-corrected chi connectivity index (χ2v) is 7.77. The van der Waals surface area contributed by atoms with E-state index in [-0.39, 0.29) is 30.6 Å². The summed E-state index contributed by atoms with van der Waals surface area (Å²) in [5.74, 6) is 0.0476. The van der Waals surface area contributed by atoms with E-state index in [0.717, 1.165) is 26.6 Å². The molecule has 0 atom stereocenters. The summed E-state index contributed by atoms with van der Waals surface area (Å²) in [4.78, 5) is 28.7. The first-order chi connectivity index (χ1) is 11.3. The van der Waals surface area contributed by atoms with Gasteiger partial charge in [-0.05, 0) is 63.9 Å². The monoisotopic (exact) mass is 343 g/mol. The number of nitrogens with zero attached hydrogens (tertiary/aromatic N) is 1. The number of amides is 1. The van der Waals surface area contributed by atoms with Crippen LogP contribution in [-0.4, -0.2) is 17.7 Å². The number of rotatable bonds is 6. The summed E-state index contributed by atoms with van der Waals surface area (Å²) in [5, 5.41) is 0. The maximum absolute atomic E-state index is 12.8. The van der Waals surface area contributed by atoms with E-state index in [4.69, 9.17) is 0 Å². The third kappa shape index (κ3) is 4.32. The van der Waals surface area contributed by atoms with E-state index >= 15 is 0 Å². The average Bonchev–Trinajstić information content (AvgIpc) is 2.95. The Bertz CT molecular complexity index is 746. The van der Waals surface area contributed by atoms with E-state index in [2.05, 4.69) is 0 Å². The Labute approximate surface area is 148 Å². The largest absolute Gasteiger partial charge is 0.310 e. The minimum Gasteiger partial charge on any atom is -0.310 e. The lowest BCUT2D eigenvalue weighted by Gasteiger charge is -2.29. The van der Waals surface area contributed by atoms with Crippen LogP contribution >= 0.6 is 11.3 Å². The van der Waals surface area contributed by atoms with Crippen molar-refractivity contribution in [1.29, 1.82) is 0 Å². The minimum absolute atomic E-state index is 0.000304. The smallest absolute Gasteiger partial charge is 0.227 e. The number of anilines is 1. The van der Waals surface area contributed by atoms with Gasteiger partial charge in [-0.3, -0.25) is 9.59 Å². The van der Waals surface area contributed by atoms with Crippen molar-refractivity contribution in [3.63, 3.8) is 0 Å². The quantitative estimate of drug-likeness (QED) is 0.686. The topological polar surface area (TPSA) is 37.4 Å². The zero-order chi connectivity index (χ0) is 17.9. The van der Waals surface area contributed by atoms with Gasteiger partial charge in [0.15, 0.2) is 5.78 Å². The molecule has 0 aliphatic carbocycles. The van der Waals surface area contributed by atoms with Gasteiger partial charge in [0, 0.05) is 29.4 Å². The molecule has 4 heteroatoms. The number of thiophene rings is 1. The third-order valence-corrected chi connectivity index (χ3v) is 5.03. The summed E-state index contributed by atoms with van der Waals surface area (Å²) in [6, 6.07) is 9.96. The summed E-state index contributed by atoms with van der Waals surface area (Å²) in [6.07, 6.45) is 0.494. The molecule has 24 heavy (non-hydrogen) atoms. The van der Waals surface area contributed by atoms with Crippen molar-refractivity contribution in [1.82, 2.24) is 0 Å². The fourth-order valence-corrected chi connectivity index (χ4v) is 3.56. The second kappa shape index (κ2) is 7.75. The highest BCUT2D eigenvalue weighted by atomic mass is 32.1. The van der Waals surface area contributed by atoms with Crippen LogP contribution < -0.4 is 4.90 Å². The maximum atomic E-state index is 12.8. The molecule has 1 aromatic carbocycles. The van der Waals surface area contributed by atoms with E-state index in [1.54, 1.807) is 0 Å². The van der Waals surface area contributed by atoms with Crippen LogP contribution in [0.4, 0.5) is 5.69 Å².